The number of ether oxygens (including phenoxy) is 1. The fourth-order valence-electron chi connectivity index (χ4n) is 3.08. The number of hydrogen-bond donors (Lipinski definition) is 1. The van der Waals surface area contributed by atoms with Gasteiger partial charge in [-0.3, -0.25) is 4.79 Å². The van der Waals surface area contributed by atoms with Gasteiger partial charge in [0.1, 0.15) is 17.3 Å². The van der Waals surface area contributed by atoms with Crippen LogP contribution in [0, 0.1) is 0 Å². The molecule has 1 aliphatic heterocycles. The van der Waals surface area contributed by atoms with Gasteiger partial charge in [-0.15, -0.1) is 0 Å². The van der Waals surface area contributed by atoms with Gasteiger partial charge in [-0.1, -0.05) is 30.3 Å². The highest BCUT2D eigenvalue weighted by molar-refractivity contribution is 6.05. The second-order valence-electron chi connectivity index (χ2n) is 5.95. The highest BCUT2D eigenvalue weighted by Gasteiger charge is 2.26. The van der Waals surface area contributed by atoms with Crippen molar-refractivity contribution in [1.82, 2.24) is 9.97 Å². The smallest absolute Gasteiger partial charge is 0.278 e. The van der Waals surface area contributed by atoms with Crippen molar-refractivity contribution in [2.75, 3.05) is 23.9 Å². The normalized spacial score (nSPS) is 12.6. The first kappa shape index (κ1) is 16.1. The number of hydrogen-bond acceptors (Lipinski definition) is 5. The van der Waals surface area contributed by atoms with E-state index in [1.807, 2.05) is 42.5 Å². The third-order valence-electron chi connectivity index (χ3n) is 4.37. The standard InChI is InChI=1S/C20H18N4O2/c1-26-18-9-5-3-7-15(18)23-19-13-21-16(12-22-19)20(25)24-11-10-14-6-2-4-8-17(14)24/h2-9,12-13H,10-11H2,1H3,(H,22,23). The number of aromatic nitrogens is 2. The summed E-state index contributed by atoms with van der Waals surface area (Å²) >= 11 is 0. The number of para-hydroxylation sites is 3. The molecule has 26 heavy (non-hydrogen) atoms. The predicted octanol–water partition coefficient (Wildman–Crippen LogP) is 3.43. The fraction of sp³-hybridized carbons (Fsp3) is 0.150. The van der Waals surface area contributed by atoms with Gasteiger partial charge < -0.3 is 15.0 Å². The number of carbonyl (C=O) groups excluding carboxylic acids is 1. The Hall–Kier alpha value is -3.41. The summed E-state index contributed by atoms with van der Waals surface area (Å²) in [5.74, 6) is 1.13. The van der Waals surface area contributed by atoms with Crippen LogP contribution in [0.1, 0.15) is 16.1 Å². The minimum atomic E-state index is -0.133. The average molecular weight is 346 g/mol. The van der Waals surface area contributed by atoms with Crippen molar-refractivity contribution in [3.05, 3.63) is 72.2 Å². The van der Waals surface area contributed by atoms with Crippen molar-refractivity contribution in [2.45, 2.75) is 6.42 Å². The van der Waals surface area contributed by atoms with E-state index in [0.29, 0.717) is 23.8 Å². The first-order chi connectivity index (χ1) is 12.8. The van der Waals surface area contributed by atoms with Crippen molar-refractivity contribution < 1.29 is 9.53 Å². The summed E-state index contributed by atoms with van der Waals surface area (Å²) in [5.41, 5.74) is 3.25. The fourth-order valence-corrected chi connectivity index (χ4v) is 3.08. The molecular weight excluding hydrogens is 328 g/mol. The Morgan fingerprint density at radius 2 is 1.88 bits per heavy atom. The summed E-state index contributed by atoms with van der Waals surface area (Å²) in [7, 11) is 1.61. The van der Waals surface area contributed by atoms with Crippen LogP contribution in [0.3, 0.4) is 0 Å². The number of amides is 1. The molecule has 1 aromatic heterocycles. The van der Waals surface area contributed by atoms with Crippen LogP contribution in [0.5, 0.6) is 5.75 Å². The van der Waals surface area contributed by atoms with Crippen LogP contribution in [0.4, 0.5) is 17.2 Å². The molecule has 130 valence electrons. The number of rotatable bonds is 4. The lowest BCUT2D eigenvalue weighted by molar-refractivity contribution is 0.0984. The van der Waals surface area contributed by atoms with Gasteiger partial charge in [0.15, 0.2) is 0 Å². The summed E-state index contributed by atoms with van der Waals surface area (Å²) in [6.45, 7) is 0.668. The monoisotopic (exact) mass is 346 g/mol. The van der Waals surface area contributed by atoms with Crippen molar-refractivity contribution in [3.8, 4) is 5.75 Å². The molecular formula is C20H18N4O2. The van der Waals surface area contributed by atoms with Crippen molar-refractivity contribution in [2.24, 2.45) is 0 Å². The molecule has 0 bridgehead atoms. The Balaban J connectivity index is 1.52. The van der Waals surface area contributed by atoms with E-state index in [-0.39, 0.29) is 5.91 Å². The molecule has 0 saturated heterocycles. The Kier molecular flexibility index (Phi) is 4.23. The third kappa shape index (κ3) is 2.97. The largest absolute Gasteiger partial charge is 0.495 e. The molecule has 2 aromatic carbocycles. The van der Waals surface area contributed by atoms with Gasteiger partial charge in [0.25, 0.3) is 5.91 Å². The molecule has 4 rings (SSSR count). The van der Waals surface area contributed by atoms with E-state index in [4.69, 9.17) is 4.74 Å². The molecule has 0 saturated carbocycles. The molecule has 0 unspecified atom stereocenters. The van der Waals surface area contributed by atoms with Crippen molar-refractivity contribution >= 4 is 23.1 Å². The lowest BCUT2D eigenvalue weighted by Crippen LogP contribution is -2.29. The summed E-state index contributed by atoms with van der Waals surface area (Å²) in [6.07, 6.45) is 3.92. The zero-order chi connectivity index (χ0) is 17.9. The van der Waals surface area contributed by atoms with Gasteiger partial charge in [-0.25, -0.2) is 9.97 Å². The molecule has 1 aliphatic rings. The van der Waals surface area contributed by atoms with Crippen molar-refractivity contribution in [3.63, 3.8) is 0 Å². The summed E-state index contributed by atoms with van der Waals surface area (Å²) in [4.78, 5) is 23.1. The highest BCUT2D eigenvalue weighted by atomic mass is 16.5. The number of benzene rings is 2. The van der Waals surface area contributed by atoms with Crippen LogP contribution in [0.25, 0.3) is 0 Å². The minimum absolute atomic E-state index is 0.133. The second kappa shape index (κ2) is 6.84. The predicted molar refractivity (Wildman–Crippen MR) is 100 cm³/mol. The molecule has 0 atom stereocenters. The molecule has 2 heterocycles. The van der Waals surface area contributed by atoms with Crippen LogP contribution in [0.2, 0.25) is 0 Å². The van der Waals surface area contributed by atoms with Crippen LogP contribution in [0.15, 0.2) is 60.9 Å². The Morgan fingerprint density at radius 3 is 2.69 bits per heavy atom. The average Bonchev–Trinajstić information content (AvgIpc) is 3.12. The maximum atomic E-state index is 12.8. The third-order valence-corrected chi connectivity index (χ3v) is 4.37. The first-order valence-corrected chi connectivity index (χ1v) is 8.38. The lowest BCUT2D eigenvalue weighted by Gasteiger charge is -2.16. The zero-order valence-corrected chi connectivity index (χ0v) is 14.3. The van der Waals surface area contributed by atoms with E-state index in [0.717, 1.165) is 17.8 Å². The Morgan fingerprint density at radius 1 is 1.08 bits per heavy atom. The number of nitrogens with zero attached hydrogens (tertiary/aromatic N) is 3. The first-order valence-electron chi connectivity index (χ1n) is 8.38. The highest BCUT2D eigenvalue weighted by Crippen LogP contribution is 2.29. The molecule has 0 spiro atoms. The van der Waals surface area contributed by atoms with E-state index in [2.05, 4.69) is 21.4 Å². The quantitative estimate of drug-likeness (QED) is 0.784. The van der Waals surface area contributed by atoms with E-state index in [1.165, 1.54) is 11.8 Å². The summed E-state index contributed by atoms with van der Waals surface area (Å²) in [5, 5.41) is 3.15. The van der Waals surface area contributed by atoms with Gasteiger partial charge in [0.2, 0.25) is 0 Å². The van der Waals surface area contributed by atoms with Crippen LogP contribution < -0.4 is 15.0 Å². The summed E-state index contributed by atoms with van der Waals surface area (Å²) < 4.78 is 5.31. The van der Waals surface area contributed by atoms with Gasteiger partial charge >= 0.3 is 0 Å². The maximum absolute atomic E-state index is 12.8. The SMILES string of the molecule is COc1ccccc1Nc1cnc(C(=O)N2CCc3ccccc32)cn1. The number of nitrogens with one attached hydrogen (secondary N) is 1. The molecule has 1 amide bonds. The van der Waals surface area contributed by atoms with Gasteiger partial charge in [-0.05, 0) is 30.2 Å². The molecule has 0 radical (unpaired) electrons. The van der Waals surface area contributed by atoms with Crippen LogP contribution in [-0.4, -0.2) is 29.5 Å². The number of fused-ring (bicyclic) bond motifs is 1. The topological polar surface area (TPSA) is 67.3 Å². The van der Waals surface area contributed by atoms with Gasteiger partial charge in [-0.2, -0.15) is 0 Å². The molecule has 0 fully saturated rings. The molecule has 1 N–H and O–H groups in total. The Bertz CT molecular complexity index is 941. The van der Waals surface area contributed by atoms with Crippen LogP contribution >= 0.6 is 0 Å². The Labute approximate surface area is 151 Å². The number of anilines is 3. The number of carbonyl (C=O) groups is 1. The minimum Gasteiger partial charge on any atom is -0.495 e. The zero-order valence-electron chi connectivity index (χ0n) is 14.3. The van der Waals surface area contributed by atoms with E-state index >= 15 is 0 Å². The second-order valence-corrected chi connectivity index (χ2v) is 5.95. The van der Waals surface area contributed by atoms with E-state index in [9.17, 15) is 4.79 Å². The van der Waals surface area contributed by atoms with Crippen LogP contribution in [-0.2, 0) is 6.42 Å². The van der Waals surface area contributed by atoms with E-state index in [1.54, 1.807) is 18.2 Å². The molecule has 3 aromatic rings. The van der Waals surface area contributed by atoms with Gasteiger partial charge in [0, 0.05) is 12.2 Å². The molecule has 0 aliphatic carbocycles. The molecule has 6 nitrogen and oxygen atoms in total. The maximum Gasteiger partial charge on any atom is 0.278 e. The lowest BCUT2D eigenvalue weighted by atomic mass is 10.2. The molecule has 6 heteroatoms. The van der Waals surface area contributed by atoms with E-state index < -0.39 is 0 Å². The van der Waals surface area contributed by atoms with Crippen molar-refractivity contribution in [1.29, 1.82) is 0 Å². The summed E-state index contributed by atoms with van der Waals surface area (Å²) in [6, 6.07) is 15.5. The van der Waals surface area contributed by atoms with Gasteiger partial charge in [0.05, 0.1) is 25.2 Å². The number of methoxy groups -OCH3 is 1.